The van der Waals surface area contributed by atoms with Gasteiger partial charge in [-0.3, -0.25) is 0 Å². The fourth-order valence-corrected chi connectivity index (χ4v) is 2.00. The first kappa shape index (κ1) is 15.5. The summed E-state index contributed by atoms with van der Waals surface area (Å²) in [6, 6.07) is 13.9. The monoisotopic (exact) mass is 296 g/mol. The molecule has 2 aromatic rings. The van der Waals surface area contributed by atoms with Crippen LogP contribution in [0, 0.1) is 6.92 Å². The van der Waals surface area contributed by atoms with E-state index < -0.39 is 11.9 Å². The molecule has 0 heterocycles. The number of hydrogen-bond donors (Lipinski definition) is 1. The predicted octanol–water partition coefficient (Wildman–Crippen LogP) is 3.41. The average Bonchev–Trinajstić information content (AvgIpc) is 2.53. The van der Waals surface area contributed by atoms with Gasteiger partial charge in [-0.2, -0.15) is 0 Å². The van der Waals surface area contributed by atoms with E-state index in [-0.39, 0.29) is 5.57 Å². The highest BCUT2D eigenvalue weighted by atomic mass is 16.5. The fourth-order valence-electron chi connectivity index (χ4n) is 2.00. The van der Waals surface area contributed by atoms with E-state index in [9.17, 15) is 14.7 Å². The minimum Gasteiger partial charge on any atom is -0.478 e. The highest BCUT2D eigenvalue weighted by Crippen LogP contribution is 2.19. The highest BCUT2D eigenvalue weighted by Gasteiger charge is 2.11. The Morgan fingerprint density at radius 1 is 0.955 bits per heavy atom. The molecule has 0 bridgehead atoms. The van der Waals surface area contributed by atoms with Crippen LogP contribution in [0.25, 0.3) is 11.6 Å². The maximum Gasteiger partial charge on any atom is 0.337 e. The summed E-state index contributed by atoms with van der Waals surface area (Å²) in [7, 11) is 1.32. The molecule has 0 fully saturated rings. The largest absolute Gasteiger partial charge is 0.478 e. The first-order valence-corrected chi connectivity index (χ1v) is 6.71. The third kappa shape index (κ3) is 3.61. The van der Waals surface area contributed by atoms with Gasteiger partial charge < -0.3 is 9.84 Å². The Hall–Kier alpha value is -2.88. The number of carboxylic acids is 1. The normalized spacial score (nSPS) is 11.1. The van der Waals surface area contributed by atoms with Gasteiger partial charge in [0.1, 0.15) is 0 Å². The van der Waals surface area contributed by atoms with Crippen LogP contribution in [-0.2, 0) is 9.53 Å². The molecule has 2 rings (SSSR count). The number of rotatable bonds is 4. The summed E-state index contributed by atoms with van der Waals surface area (Å²) in [6.07, 6.45) is 1.58. The zero-order chi connectivity index (χ0) is 16.1. The summed E-state index contributed by atoms with van der Waals surface area (Å²) in [4.78, 5) is 22.8. The van der Waals surface area contributed by atoms with Crippen LogP contribution in [0.4, 0.5) is 0 Å². The Labute approximate surface area is 128 Å². The van der Waals surface area contributed by atoms with E-state index in [1.54, 1.807) is 42.5 Å². The van der Waals surface area contributed by atoms with Crippen LogP contribution in [0.1, 0.15) is 27.0 Å². The van der Waals surface area contributed by atoms with Gasteiger partial charge in [0.15, 0.2) is 0 Å². The van der Waals surface area contributed by atoms with Crippen LogP contribution in [0.15, 0.2) is 48.5 Å². The molecule has 2 aromatic carbocycles. The SMILES string of the molecule is COC(=O)c1ccc(/C=C(\C(=O)O)c2ccc(C)cc2)cc1. The average molecular weight is 296 g/mol. The predicted molar refractivity (Wildman–Crippen MR) is 84.5 cm³/mol. The minimum absolute atomic E-state index is 0.200. The Balaban J connectivity index is 2.36. The van der Waals surface area contributed by atoms with E-state index in [2.05, 4.69) is 4.74 Å². The number of methoxy groups -OCH3 is 1. The third-order valence-electron chi connectivity index (χ3n) is 3.24. The second-order valence-electron chi connectivity index (χ2n) is 4.84. The van der Waals surface area contributed by atoms with E-state index in [0.717, 1.165) is 5.56 Å². The van der Waals surface area contributed by atoms with Crippen molar-refractivity contribution >= 4 is 23.6 Å². The molecule has 0 atom stereocenters. The number of benzene rings is 2. The molecule has 0 aliphatic rings. The smallest absolute Gasteiger partial charge is 0.337 e. The van der Waals surface area contributed by atoms with Gasteiger partial charge in [-0.25, -0.2) is 9.59 Å². The van der Waals surface area contributed by atoms with Crippen LogP contribution in [-0.4, -0.2) is 24.2 Å². The van der Waals surface area contributed by atoms with Crippen LogP contribution in [0.5, 0.6) is 0 Å². The Morgan fingerprint density at radius 2 is 1.50 bits per heavy atom. The molecule has 0 amide bonds. The first-order chi connectivity index (χ1) is 10.5. The van der Waals surface area contributed by atoms with Gasteiger partial charge in [0.2, 0.25) is 0 Å². The molecule has 0 aliphatic heterocycles. The van der Waals surface area contributed by atoms with E-state index in [4.69, 9.17) is 0 Å². The first-order valence-electron chi connectivity index (χ1n) is 6.71. The number of carbonyl (C=O) groups excluding carboxylic acids is 1. The van der Waals surface area contributed by atoms with Gasteiger partial charge in [0.25, 0.3) is 0 Å². The molecule has 0 radical (unpaired) electrons. The van der Waals surface area contributed by atoms with E-state index >= 15 is 0 Å². The van der Waals surface area contributed by atoms with E-state index in [0.29, 0.717) is 16.7 Å². The van der Waals surface area contributed by atoms with E-state index in [1.165, 1.54) is 7.11 Å². The Bertz CT molecular complexity index is 710. The lowest BCUT2D eigenvalue weighted by atomic mass is 10.0. The zero-order valence-electron chi connectivity index (χ0n) is 12.4. The van der Waals surface area contributed by atoms with Crippen molar-refractivity contribution in [2.24, 2.45) is 0 Å². The number of ether oxygens (including phenoxy) is 1. The topological polar surface area (TPSA) is 63.6 Å². The number of aryl methyl sites for hydroxylation is 1. The van der Waals surface area contributed by atoms with Crippen molar-refractivity contribution in [1.82, 2.24) is 0 Å². The molecule has 0 aromatic heterocycles. The van der Waals surface area contributed by atoms with Gasteiger partial charge in [-0.1, -0.05) is 42.0 Å². The summed E-state index contributed by atoms with van der Waals surface area (Å²) in [6.45, 7) is 1.94. The van der Waals surface area contributed by atoms with Crippen molar-refractivity contribution in [3.05, 3.63) is 70.8 Å². The third-order valence-corrected chi connectivity index (χ3v) is 3.24. The molecule has 0 saturated heterocycles. The molecule has 0 unspecified atom stereocenters. The van der Waals surface area contributed by atoms with Gasteiger partial charge in [-0.05, 0) is 36.3 Å². The Morgan fingerprint density at radius 3 is 2.00 bits per heavy atom. The summed E-state index contributed by atoms with van der Waals surface area (Å²) in [5.41, 5.74) is 3.02. The Kier molecular flexibility index (Phi) is 4.73. The minimum atomic E-state index is -0.999. The lowest BCUT2D eigenvalue weighted by Crippen LogP contribution is -2.01. The lowest BCUT2D eigenvalue weighted by Gasteiger charge is -2.05. The quantitative estimate of drug-likeness (QED) is 0.533. The molecule has 0 aliphatic carbocycles. The number of esters is 1. The molecule has 112 valence electrons. The van der Waals surface area contributed by atoms with Crippen LogP contribution < -0.4 is 0 Å². The molecule has 4 nitrogen and oxygen atoms in total. The standard InChI is InChI=1S/C18H16O4/c1-12-3-7-14(8-4-12)16(17(19)20)11-13-5-9-15(10-6-13)18(21)22-2/h3-11H,1-2H3,(H,19,20)/b16-11-. The van der Waals surface area contributed by atoms with Gasteiger partial charge in [0, 0.05) is 0 Å². The number of carbonyl (C=O) groups is 2. The maximum absolute atomic E-state index is 11.5. The van der Waals surface area contributed by atoms with Crippen molar-refractivity contribution in [2.45, 2.75) is 6.92 Å². The van der Waals surface area contributed by atoms with Crippen molar-refractivity contribution in [2.75, 3.05) is 7.11 Å². The summed E-state index contributed by atoms with van der Waals surface area (Å²) in [5, 5.41) is 9.40. The molecule has 0 saturated carbocycles. The number of aliphatic carboxylic acids is 1. The highest BCUT2D eigenvalue weighted by molar-refractivity contribution is 6.20. The molecule has 22 heavy (non-hydrogen) atoms. The van der Waals surface area contributed by atoms with Crippen LogP contribution >= 0.6 is 0 Å². The van der Waals surface area contributed by atoms with E-state index in [1.807, 2.05) is 19.1 Å². The van der Waals surface area contributed by atoms with Crippen LogP contribution in [0.2, 0.25) is 0 Å². The number of carboxylic acid groups (broad SMARTS) is 1. The van der Waals surface area contributed by atoms with Crippen molar-refractivity contribution in [3.8, 4) is 0 Å². The van der Waals surface area contributed by atoms with Crippen molar-refractivity contribution in [3.63, 3.8) is 0 Å². The second kappa shape index (κ2) is 6.72. The molecule has 4 heteroatoms. The molecule has 1 N–H and O–H groups in total. The summed E-state index contributed by atoms with van der Waals surface area (Å²) < 4.78 is 4.63. The molecular weight excluding hydrogens is 280 g/mol. The number of hydrogen-bond acceptors (Lipinski definition) is 3. The summed E-state index contributed by atoms with van der Waals surface area (Å²) in [5.74, 6) is -1.42. The second-order valence-corrected chi connectivity index (χ2v) is 4.84. The fraction of sp³-hybridized carbons (Fsp3) is 0.111. The molecule has 0 spiro atoms. The van der Waals surface area contributed by atoms with Gasteiger partial charge in [-0.15, -0.1) is 0 Å². The van der Waals surface area contributed by atoms with Crippen LogP contribution in [0.3, 0.4) is 0 Å². The van der Waals surface area contributed by atoms with Gasteiger partial charge in [0.05, 0.1) is 18.2 Å². The van der Waals surface area contributed by atoms with Crippen molar-refractivity contribution < 1.29 is 19.4 Å². The molecular formula is C18H16O4. The lowest BCUT2D eigenvalue weighted by molar-refractivity contribution is -0.130. The van der Waals surface area contributed by atoms with Crippen molar-refractivity contribution in [1.29, 1.82) is 0 Å². The van der Waals surface area contributed by atoms with Gasteiger partial charge >= 0.3 is 11.9 Å². The summed E-state index contributed by atoms with van der Waals surface area (Å²) >= 11 is 0. The zero-order valence-corrected chi connectivity index (χ0v) is 12.4. The maximum atomic E-state index is 11.5.